The molecule has 0 spiro atoms. The first-order valence-electron chi connectivity index (χ1n) is 11.7. The lowest BCUT2D eigenvalue weighted by atomic mass is 10.1. The highest BCUT2D eigenvalue weighted by Gasteiger charge is 2.22. The highest BCUT2D eigenvalue weighted by Crippen LogP contribution is 2.28. The molecule has 4 aromatic rings. The first-order chi connectivity index (χ1) is 17.3. The molecule has 36 heavy (non-hydrogen) atoms. The standard InChI is InChI=1S/C27H29N7O2/c1-5-21(30-24-20(15-14-17(3)33-36)18(4)29-27(28)32-24)25-31-22-13-9-10-16(2)23(22)26(35)34(25)19-11-7-6-8-12-19/h6-15,21,36H,5H2,1-4H3,(H3,28,29,30,32)/b15-14+,33-17-. The van der Waals surface area contributed by atoms with Crippen LogP contribution in [-0.4, -0.2) is 30.4 Å². The maximum atomic E-state index is 13.8. The van der Waals surface area contributed by atoms with Crippen LogP contribution in [0.4, 0.5) is 11.8 Å². The Bertz CT molecular complexity index is 1530. The summed E-state index contributed by atoms with van der Waals surface area (Å²) >= 11 is 0. The van der Waals surface area contributed by atoms with Crippen LogP contribution in [0, 0.1) is 13.8 Å². The molecule has 0 bridgehead atoms. The number of para-hydroxylation sites is 1. The summed E-state index contributed by atoms with van der Waals surface area (Å²) in [7, 11) is 0. The van der Waals surface area contributed by atoms with Crippen LogP contribution in [0.25, 0.3) is 22.7 Å². The molecule has 2 heterocycles. The van der Waals surface area contributed by atoms with Gasteiger partial charge in [0.1, 0.15) is 11.6 Å². The number of nitrogens with two attached hydrogens (primary N) is 1. The molecule has 9 heteroatoms. The fourth-order valence-corrected chi connectivity index (χ4v) is 4.14. The molecule has 0 saturated carbocycles. The summed E-state index contributed by atoms with van der Waals surface area (Å²) in [4.78, 5) is 27.5. The number of nitrogen functional groups attached to an aromatic ring is 1. The van der Waals surface area contributed by atoms with Gasteiger partial charge in [0.05, 0.1) is 34.0 Å². The molecule has 2 aromatic heterocycles. The summed E-state index contributed by atoms with van der Waals surface area (Å²) in [6.45, 7) is 7.42. The summed E-state index contributed by atoms with van der Waals surface area (Å²) < 4.78 is 1.66. The van der Waals surface area contributed by atoms with Crippen LogP contribution in [0.5, 0.6) is 0 Å². The second-order valence-corrected chi connectivity index (χ2v) is 8.52. The van der Waals surface area contributed by atoms with Crippen molar-refractivity contribution < 1.29 is 5.21 Å². The number of hydrogen-bond acceptors (Lipinski definition) is 8. The maximum Gasteiger partial charge on any atom is 0.266 e. The van der Waals surface area contributed by atoms with E-state index < -0.39 is 0 Å². The van der Waals surface area contributed by atoms with Gasteiger partial charge in [0.15, 0.2) is 0 Å². The highest BCUT2D eigenvalue weighted by atomic mass is 16.4. The molecule has 1 unspecified atom stereocenters. The molecule has 184 valence electrons. The Morgan fingerprint density at radius 1 is 1.14 bits per heavy atom. The molecule has 4 rings (SSSR count). The van der Waals surface area contributed by atoms with Crippen LogP contribution in [0.15, 0.2) is 64.6 Å². The summed E-state index contributed by atoms with van der Waals surface area (Å²) in [5, 5.41) is 16.3. The Labute approximate surface area is 209 Å². The van der Waals surface area contributed by atoms with E-state index in [2.05, 4.69) is 20.4 Å². The van der Waals surface area contributed by atoms with E-state index in [4.69, 9.17) is 15.9 Å². The lowest BCUT2D eigenvalue weighted by molar-refractivity contribution is 0.319. The zero-order valence-corrected chi connectivity index (χ0v) is 20.7. The number of aromatic nitrogens is 4. The third-order valence-corrected chi connectivity index (χ3v) is 5.98. The first-order valence-corrected chi connectivity index (χ1v) is 11.7. The summed E-state index contributed by atoms with van der Waals surface area (Å²) in [5.74, 6) is 1.17. The molecule has 0 aliphatic rings. The van der Waals surface area contributed by atoms with E-state index in [1.165, 1.54) is 0 Å². The number of benzene rings is 2. The van der Waals surface area contributed by atoms with Crippen LogP contribution in [0.3, 0.4) is 0 Å². The van der Waals surface area contributed by atoms with Gasteiger partial charge in [0.2, 0.25) is 5.95 Å². The van der Waals surface area contributed by atoms with Gasteiger partial charge in [-0.05, 0) is 63.1 Å². The SMILES string of the molecule is CCC(Nc1nc(N)nc(C)c1/C=C/C(C)=N\O)c1nc2cccc(C)c2c(=O)n1-c1ccccc1. The topological polar surface area (TPSA) is 131 Å². The number of aryl methyl sites for hydroxylation is 2. The molecular weight excluding hydrogens is 454 g/mol. The van der Waals surface area contributed by atoms with Crippen molar-refractivity contribution in [2.24, 2.45) is 5.16 Å². The minimum Gasteiger partial charge on any atom is -0.411 e. The number of allylic oxidation sites excluding steroid dienone is 1. The largest absolute Gasteiger partial charge is 0.411 e. The van der Waals surface area contributed by atoms with Crippen LogP contribution in [0.2, 0.25) is 0 Å². The van der Waals surface area contributed by atoms with Crippen LogP contribution < -0.4 is 16.6 Å². The number of rotatable bonds is 7. The average molecular weight is 484 g/mol. The van der Waals surface area contributed by atoms with Crippen molar-refractivity contribution >= 4 is 34.5 Å². The van der Waals surface area contributed by atoms with Gasteiger partial charge in [-0.2, -0.15) is 4.98 Å². The minimum absolute atomic E-state index is 0.122. The first kappa shape index (κ1) is 24.6. The number of nitrogens with one attached hydrogen (secondary N) is 1. The molecule has 0 amide bonds. The molecular formula is C27H29N7O2. The summed E-state index contributed by atoms with van der Waals surface area (Å²) in [6, 6.07) is 14.8. The van der Waals surface area contributed by atoms with E-state index in [0.717, 1.165) is 11.3 Å². The van der Waals surface area contributed by atoms with E-state index in [1.807, 2.05) is 69.3 Å². The van der Waals surface area contributed by atoms with Crippen molar-refractivity contribution in [3.8, 4) is 5.69 Å². The van der Waals surface area contributed by atoms with E-state index in [1.54, 1.807) is 23.6 Å². The van der Waals surface area contributed by atoms with Gasteiger partial charge in [0.25, 0.3) is 5.56 Å². The Kier molecular flexibility index (Phi) is 7.10. The molecule has 0 aliphatic carbocycles. The second-order valence-electron chi connectivity index (χ2n) is 8.52. The van der Waals surface area contributed by atoms with Crippen LogP contribution in [0.1, 0.15) is 49.0 Å². The molecule has 2 aromatic carbocycles. The third-order valence-electron chi connectivity index (χ3n) is 5.98. The molecule has 0 saturated heterocycles. The minimum atomic E-state index is -0.378. The Hall–Kier alpha value is -4.53. The van der Waals surface area contributed by atoms with Crippen LogP contribution >= 0.6 is 0 Å². The smallest absolute Gasteiger partial charge is 0.266 e. The van der Waals surface area contributed by atoms with Crippen molar-refractivity contribution in [1.29, 1.82) is 0 Å². The predicted molar refractivity (Wildman–Crippen MR) is 144 cm³/mol. The van der Waals surface area contributed by atoms with Gasteiger partial charge in [-0.15, -0.1) is 0 Å². The highest BCUT2D eigenvalue weighted by molar-refractivity contribution is 5.96. The lowest BCUT2D eigenvalue weighted by Gasteiger charge is -2.23. The fourth-order valence-electron chi connectivity index (χ4n) is 4.14. The molecule has 0 radical (unpaired) electrons. The number of nitrogens with zero attached hydrogens (tertiary/aromatic N) is 5. The Morgan fingerprint density at radius 2 is 1.89 bits per heavy atom. The Balaban J connectivity index is 1.92. The van der Waals surface area contributed by atoms with Gasteiger partial charge in [-0.25, -0.2) is 9.97 Å². The molecule has 1 atom stereocenters. The number of hydrogen-bond donors (Lipinski definition) is 3. The zero-order chi connectivity index (χ0) is 25.8. The van der Waals surface area contributed by atoms with Gasteiger partial charge in [-0.1, -0.05) is 42.4 Å². The predicted octanol–water partition coefficient (Wildman–Crippen LogP) is 4.80. The lowest BCUT2D eigenvalue weighted by Crippen LogP contribution is -2.29. The van der Waals surface area contributed by atoms with E-state index in [-0.39, 0.29) is 17.5 Å². The maximum absolute atomic E-state index is 13.8. The molecule has 0 fully saturated rings. The number of fused-ring (bicyclic) bond motifs is 1. The number of anilines is 2. The number of oxime groups is 1. The molecule has 0 aliphatic heterocycles. The molecule has 4 N–H and O–H groups in total. The van der Waals surface area contributed by atoms with Gasteiger partial charge in [-0.3, -0.25) is 9.36 Å². The summed E-state index contributed by atoms with van der Waals surface area (Å²) in [6.07, 6.45) is 4.03. The second kappa shape index (κ2) is 10.4. The van der Waals surface area contributed by atoms with Gasteiger partial charge >= 0.3 is 0 Å². The molecule has 9 nitrogen and oxygen atoms in total. The monoisotopic (exact) mass is 483 g/mol. The van der Waals surface area contributed by atoms with Crippen molar-refractivity contribution in [3.05, 3.63) is 87.6 Å². The van der Waals surface area contributed by atoms with Gasteiger partial charge in [0, 0.05) is 5.56 Å². The zero-order valence-electron chi connectivity index (χ0n) is 20.7. The fraction of sp³-hybridized carbons (Fsp3) is 0.222. The van der Waals surface area contributed by atoms with Crippen molar-refractivity contribution in [2.45, 2.75) is 40.2 Å². The van der Waals surface area contributed by atoms with Crippen molar-refractivity contribution in [1.82, 2.24) is 19.5 Å². The van der Waals surface area contributed by atoms with E-state index in [9.17, 15) is 4.79 Å². The Morgan fingerprint density at radius 3 is 2.58 bits per heavy atom. The third kappa shape index (κ3) is 4.81. The van der Waals surface area contributed by atoms with Crippen molar-refractivity contribution in [3.63, 3.8) is 0 Å². The average Bonchev–Trinajstić information content (AvgIpc) is 2.86. The van der Waals surface area contributed by atoms with E-state index in [0.29, 0.717) is 45.9 Å². The quantitative estimate of drug-likeness (QED) is 0.195. The normalized spacial score (nSPS) is 12.8. The van der Waals surface area contributed by atoms with E-state index >= 15 is 0 Å². The van der Waals surface area contributed by atoms with Crippen LogP contribution in [-0.2, 0) is 0 Å². The summed E-state index contributed by atoms with van der Waals surface area (Å²) in [5.41, 5.74) is 9.85. The van der Waals surface area contributed by atoms with Crippen molar-refractivity contribution in [2.75, 3.05) is 11.1 Å². The van der Waals surface area contributed by atoms with Gasteiger partial charge < -0.3 is 16.3 Å².